The molecule has 2 N–H and O–H groups in total. The first kappa shape index (κ1) is 19.7. The Bertz CT molecular complexity index is 843. The average molecular weight is 383 g/mol. The molecule has 3 rings (SSSR count). The van der Waals surface area contributed by atoms with Crippen molar-refractivity contribution in [2.24, 2.45) is 5.73 Å². The van der Waals surface area contributed by atoms with Crippen LogP contribution in [0.4, 0.5) is 0 Å². The van der Waals surface area contributed by atoms with Gasteiger partial charge in [0, 0.05) is 44.4 Å². The first-order valence-electron chi connectivity index (χ1n) is 9.17. The number of amides is 2. The number of nitrogens with two attached hydrogens (primary N) is 1. The van der Waals surface area contributed by atoms with E-state index in [0.29, 0.717) is 55.3 Å². The molecule has 7 nitrogen and oxygen atoms in total. The molecule has 0 saturated carbocycles. The molecule has 0 radical (unpaired) electrons. The number of nitrogens with zero attached hydrogens (tertiary/aromatic N) is 2. The summed E-state index contributed by atoms with van der Waals surface area (Å²) in [5, 5.41) is 0. The number of hydrogen-bond acceptors (Lipinski definition) is 5. The van der Waals surface area contributed by atoms with Gasteiger partial charge in [0.2, 0.25) is 0 Å². The molecule has 1 heterocycles. The van der Waals surface area contributed by atoms with Gasteiger partial charge in [0.25, 0.3) is 11.8 Å². The van der Waals surface area contributed by atoms with E-state index < -0.39 is 0 Å². The van der Waals surface area contributed by atoms with Crippen molar-refractivity contribution in [3.8, 4) is 11.5 Å². The maximum Gasteiger partial charge on any atom is 0.257 e. The molecule has 2 aromatic rings. The van der Waals surface area contributed by atoms with Crippen molar-refractivity contribution in [1.82, 2.24) is 9.80 Å². The van der Waals surface area contributed by atoms with Crippen molar-refractivity contribution in [2.75, 3.05) is 40.4 Å². The minimum atomic E-state index is -0.112. The van der Waals surface area contributed by atoms with Crippen molar-refractivity contribution in [3.05, 3.63) is 59.2 Å². The Hall–Kier alpha value is -3.06. The van der Waals surface area contributed by atoms with Gasteiger partial charge in [0.05, 0.1) is 19.8 Å². The fourth-order valence-corrected chi connectivity index (χ4v) is 3.22. The fourth-order valence-electron chi connectivity index (χ4n) is 3.22. The summed E-state index contributed by atoms with van der Waals surface area (Å²) in [7, 11) is 3.09. The standard InChI is InChI=1S/C21H25N3O4/c1-27-17-7-8-18(19(13-17)28-2)21(26)24-11-9-23(10-12-24)20(25)16-5-3-15(14-22)4-6-16/h3-8,13H,9-12,14,22H2,1-2H3. The topological polar surface area (TPSA) is 85.1 Å². The van der Waals surface area contributed by atoms with Gasteiger partial charge in [-0.05, 0) is 29.8 Å². The normalized spacial score (nSPS) is 14.0. The van der Waals surface area contributed by atoms with Gasteiger partial charge < -0.3 is 25.0 Å². The predicted molar refractivity (Wildman–Crippen MR) is 106 cm³/mol. The van der Waals surface area contributed by atoms with E-state index in [2.05, 4.69) is 0 Å². The van der Waals surface area contributed by atoms with Gasteiger partial charge in [-0.1, -0.05) is 12.1 Å². The highest BCUT2D eigenvalue weighted by molar-refractivity contribution is 5.98. The Kier molecular flexibility index (Phi) is 6.16. The lowest BCUT2D eigenvalue weighted by Gasteiger charge is -2.35. The van der Waals surface area contributed by atoms with Crippen LogP contribution >= 0.6 is 0 Å². The summed E-state index contributed by atoms with van der Waals surface area (Å²) in [6, 6.07) is 12.5. The lowest BCUT2D eigenvalue weighted by Crippen LogP contribution is -2.50. The maximum absolute atomic E-state index is 12.9. The summed E-state index contributed by atoms with van der Waals surface area (Å²) < 4.78 is 10.5. The van der Waals surface area contributed by atoms with E-state index in [-0.39, 0.29) is 11.8 Å². The molecule has 1 aliphatic heterocycles. The number of carbonyl (C=O) groups is 2. The van der Waals surface area contributed by atoms with Crippen LogP contribution in [0.2, 0.25) is 0 Å². The summed E-state index contributed by atoms with van der Waals surface area (Å²) in [5.74, 6) is 0.962. The number of carbonyl (C=O) groups excluding carboxylic acids is 2. The van der Waals surface area contributed by atoms with Crippen LogP contribution in [0.5, 0.6) is 11.5 Å². The lowest BCUT2D eigenvalue weighted by molar-refractivity contribution is 0.0533. The van der Waals surface area contributed by atoms with E-state index in [1.54, 1.807) is 47.2 Å². The number of hydrogen-bond donors (Lipinski definition) is 1. The van der Waals surface area contributed by atoms with Crippen molar-refractivity contribution in [3.63, 3.8) is 0 Å². The zero-order valence-electron chi connectivity index (χ0n) is 16.2. The SMILES string of the molecule is COc1ccc(C(=O)N2CCN(C(=O)c3ccc(CN)cc3)CC2)c(OC)c1. The van der Waals surface area contributed by atoms with Crippen molar-refractivity contribution >= 4 is 11.8 Å². The van der Waals surface area contributed by atoms with E-state index in [9.17, 15) is 9.59 Å². The van der Waals surface area contributed by atoms with E-state index >= 15 is 0 Å². The number of methoxy groups -OCH3 is 2. The van der Waals surface area contributed by atoms with Gasteiger partial charge >= 0.3 is 0 Å². The molecule has 2 amide bonds. The van der Waals surface area contributed by atoms with Gasteiger partial charge in [-0.2, -0.15) is 0 Å². The molecule has 28 heavy (non-hydrogen) atoms. The van der Waals surface area contributed by atoms with Gasteiger partial charge in [-0.25, -0.2) is 0 Å². The largest absolute Gasteiger partial charge is 0.497 e. The molecule has 0 spiro atoms. The number of benzene rings is 2. The average Bonchev–Trinajstić information content (AvgIpc) is 2.77. The van der Waals surface area contributed by atoms with Crippen LogP contribution in [-0.4, -0.2) is 62.0 Å². The zero-order valence-corrected chi connectivity index (χ0v) is 16.2. The molecular weight excluding hydrogens is 358 g/mol. The van der Waals surface area contributed by atoms with E-state index in [1.807, 2.05) is 12.1 Å². The van der Waals surface area contributed by atoms with Crippen molar-refractivity contribution < 1.29 is 19.1 Å². The Balaban J connectivity index is 1.64. The lowest BCUT2D eigenvalue weighted by atomic mass is 10.1. The Labute approximate surface area is 164 Å². The minimum absolute atomic E-state index is 0.0299. The predicted octanol–water partition coefficient (Wildman–Crippen LogP) is 1.76. The van der Waals surface area contributed by atoms with Gasteiger partial charge in [-0.3, -0.25) is 9.59 Å². The second-order valence-corrected chi connectivity index (χ2v) is 6.55. The highest BCUT2D eigenvalue weighted by atomic mass is 16.5. The molecule has 0 bridgehead atoms. The van der Waals surface area contributed by atoms with Crippen molar-refractivity contribution in [2.45, 2.75) is 6.54 Å². The fraction of sp³-hybridized carbons (Fsp3) is 0.333. The summed E-state index contributed by atoms with van der Waals surface area (Å²) in [5.41, 5.74) is 7.70. The number of rotatable bonds is 5. The molecule has 2 aromatic carbocycles. The van der Waals surface area contributed by atoms with Crippen LogP contribution in [0.15, 0.2) is 42.5 Å². The summed E-state index contributed by atoms with van der Waals surface area (Å²) in [4.78, 5) is 29.1. The molecule has 1 fully saturated rings. The van der Waals surface area contributed by atoms with Crippen molar-refractivity contribution in [1.29, 1.82) is 0 Å². The number of ether oxygens (including phenoxy) is 2. The Morgan fingerprint density at radius 1 is 0.893 bits per heavy atom. The second kappa shape index (κ2) is 8.75. The summed E-state index contributed by atoms with van der Waals surface area (Å²) >= 11 is 0. The van der Waals surface area contributed by atoms with Gasteiger partial charge in [0.15, 0.2) is 0 Å². The monoisotopic (exact) mass is 383 g/mol. The quantitative estimate of drug-likeness (QED) is 0.850. The van der Waals surface area contributed by atoms with E-state index in [0.717, 1.165) is 5.56 Å². The Morgan fingerprint density at radius 2 is 1.50 bits per heavy atom. The third-order valence-electron chi connectivity index (χ3n) is 4.93. The molecule has 148 valence electrons. The third kappa shape index (κ3) is 4.09. The minimum Gasteiger partial charge on any atom is -0.497 e. The van der Waals surface area contributed by atoms with Crippen LogP contribution in [0.3, 0.4) is 0 Å². The van der Waals surface area contributed by atoms with Crippen LogP contribution < -0.4 is 15.2 Å². The molecule has 1 saturated heterocycles. The summed E-state index contributed by atoms with van der Waals surface area (Å²) in [6.45, 7) is 2.37. The first-order chi connectivity index (χ1) is 13.6. The van der Waals surface area contributed by atoms with E-state index in [4.69, 9.17) is 15.2 Å². The van der Waals surface area contributed by atoms with E-state index in [1.165, 1.54) is 7.11 Å². The smallest absolute Gasteiger partial charge is 0.257 e. The molecule has 0 aromatic heterocycles. The van der Waals surface area contributed by atoms with Crippen LogP contribution in [-0.2, 0) is 6.54 Å². The molecule has 0 aliphatic carbocycles. The number of piperazine rings is 1. The maximum atomic E-state index is 12.9. The zero-order chi connectivity index (χ0) is 20.1. The molecule has 1 aliphatic rings. The van der Waals surface area contributed by atoms with Crippen LogP contribution in [0.1, 0.15) is 26.3 Å². The molecular formula is C21H25N3O4. The molecule has 7 heteroatoms. The highest BCUT2D eigenvalue weighted by Crippen LogP contribution is 2.26. The summed E-state index contributed by atoms with van der Waals surface area (Å²) in [6.07, 6.45) is 0. The molecule has 0 unspecified atom stereocenters. The Morgan fingerprint density at radius 3 is 2.04 bits per heavy atom. The third-order valence-corrected chi connectivity index (χ3v) is 4.93. The van der Waals surface area contributed by atoms with Crippen LogP contribution in [0.25, 0.3) is 0 Å². The van der Waals surface area contributed by atoms with Gasteiger partial charge in [-0.15, -0.1) is 0 Å². The first-order valence-corrected chi connectivity index (χ1v) is 9.17. The van der Waals surface area contributed by atoms with Crippen LogP contribution in [0, 0.1) is 0 Å². The second-order valence-electron chi connectivity index (χ2n) is 6.55. The van der Waals surface area contributed by atoms with Gasteiger partial charge in [0.1, 0.15) is 11.5 Å². The highest BCUT2D eigenvalue weighted by Gasteiger charge is 2.27. The molecule has 0 atom stereocenters.